The van der Waals surface area contributed by atoms with Crippen LogP contribution >= 0.6 is 23.4 Å². The fourth-order valence-corrected chi connectivity index (χ4v) is 2.41. The van der Waals surface area contributed by atoms with Gasteiger partial charge in [-0.05, 0) is 24.6 Å². The summed E-state index contributed by atoms with van der Waals surface area (Å²) in [6.07, 6.45) is 2.80. The first-order valence-corrected chi connectivity index (χ1v) is 6.98. The van der Waals surface area contributed by atoms with Gasteiger partial charge < -0.3 is 5.32 Å². The molecule has 0 aliphatic carbocycles. The first-order chi connectivity index (χ1) is 8.79. The van der Waals surface area contributed by atoms with Crippen LogP contribution in [0.5, 0.6) is 0 Å². The third-order valence-corrected chi connectivity index (χ3v) is 3.67. The van der Waals surface area contributed by atoms with Crippen molar-refractivity contribution in [1.82, 2.24) is 9.97 Å². The highest BCUT2D eigenvalue weighted by Gasteiger charge is 2.04. The lowest BCUT2D eigenvalue weighted by Crippen LogP contribution is -2.04. The second-order valence-corrected chi connectivity index (χ2v) is 5.15. The maximum Gasteiger partial charge on any atom is 0.223 e. The lowest BCUT2D eigenvalue weighted by Gasteiger charge is -2.06. The van der Waals surface area contributed by atoms with Crippen LogP contribution in [-0.2, 0) is 0 Å². The molecule has 0 atom stereocenters. The number of nitrogens with zero attached hydrogens (tertiary/aromatic N) is 2. The quantitative estimate of drug-likeness (QED) is 0.836. The zero-order chi connectivity index (χ0) is 12.8. The number of nitrogens with one attached hydrogen (secondary N) is 1. The van der Waals surface area contributed by atoms with Crippen LogP contribution in [0.4, 0.5) is 5.95 Å². The van der Waals surface area contributed by atoms with Crippen molar-refractivity contribution in [3.8, 4) is 0 Å². The van der Waals surface area contributed by atoms with E-state index in [1.165, 1.54) is 11.8 Å². The molecule has 0 radical (unpaired) electrons. The summed E-state index contributed by atoms with van der Waals surface area (Å²) in [4.78, 5) is 9.60. The lowest BCUT2D eigenvalue weighted by atomic mass is 10.4. The Hall–Kier alpha value is -1.26. The number of aromatic nitrogens is 2. The van der Waals surface area contributed by atoms with E-state index in [-0.39, 0.29) is 0 Å². The Morgan fingerprint density at radius 3 is 2.89 bits per heavy atom. The van der Waals surface area contributed by atoms with Crippen LogP contribution in [0.15, 0.2) is 46.5 Å². The highest BCUT2D eigenvalue weighted by atomic mass is 35.5. The SMILES string of the molecule is CCCNc1nccc(Sc2ccccc2Cl)n1. The number of benzene rings is 1. The third-order valence-electron chi connectivity index (χ3n) is 2.21. The van der Waals surface area contributed by atoms with Crippen LogP contribution in [0, 0.1) is 0 Å². The van der Waals surface area contributed by atoms with Crippen LogP contribution in [0.3, 0.4) is 0 Å². The average molecular weight is 280 g/mol. The molecule has 1 heterocycles. The zero-order valence-electron chi connectivity index (χ0n) is 10.1. The summed E-state index contributed by atoms with van der Waals surface area (Å²) in [6.45, 7) is 2.98. The van der Waals surface area contributed by atoms with Gasteiger partial charge in [0, 0.05) is 17.6 Å². The van der Waals surface area contributed by atoms with Gasteiger partial charge in [-0.3, -0.25) is 0 Å². The standard InChI is InChI=1S/C13H14ClN3S/c1-2-8-15-13-16-9-7-12(17-13)18-11-6-4-3-5-10(11)14/h3-7,9H,2,8H2,1H3,(H,15,16,17). The number of anilines is 1. The Kier molecular flexibility index (Phi) is 4.84. The molecule has 0 saturated heterocycles. The van der Waals surface area contributed by atoms with Crippen molar-refractivity contribution in [3.63, 3.8) is 0 Å². The van der Waals surface area contributed by atoms with E-state index in [2.05, 4.69) is 22.2 Å². The highest BCUT2D eigenvalue weighted by Crippen LogP contribution is 2.31. The summed E-state index contributed by atoms with van der Waals surface area (Å²) >= 11 is 7.66. The van der Waals surface area contributed by atoms with Gasteiger partial charge in [0.2, 0.25) is 5.95 Å². The van der Waals surface area contributed by atoms with Crippen LogP contribution in [0.1, 0.15) is 13.3 Å². The fourth-order valence-electron chi connectivity index (χ4n) is 1.36. The van der Waals surface area contributed by atoms with Crippen molar-refractivity contribution in [2.24, 2.45) is 0 Å². The van der Waals surface area contributed by atoms with E-state index in [1.807, 2.05) is 30.3 Å². The minimum absolute atomic E-state index is 0.661. The first-order valence-electron chi connectivity index (χ1n) is 5.79. The van der Waals surface area contributed by atoms with Crippen LogP contribution in [-0.4, -0.2) is 16.5 Å². The molecule has 1 aromatic heterocycles. The maximum absolute atomic E-state index is 6.12. The van der Waals surface area contributed by atoms with E-state index < -0.39 is 0 Å². The molecule has 0 aliphatic rings. The predicted octanol–water partition coefficient (Wildman–Crippen LogP) is 4.10. The molecule has 1 N–H and O–H groups in total. The second kappa shape index (κ2) is 6.61. The van der Waals surface area contributed by atoms with E-state index in [0.29, 0.717) is 5.95 Å². The minimum Gasteiger partial charge on any atom is -0.354 e. The van der Waals surface area contributed by atoms with Crippen molar-refractivity contribution in [2.45, 2.75) is 23.3 Å². The minimum atomic E-state index is 0.661. The summed E-state index contributed by atoms with van der Waals surface area (Å²) in [7, 11) is 0. The number of hydrogen-bond acceptors (Lipinski definition) is 4. The van der Waals surface area contributed by atoms with E-state index in [9.17, 15) is 0 Å². The van der Waals surface area contributed by atoms with E-state index in [1.54, 1.807) is 6.20 Å². The normalized spacial score (nSPS) is 10.3. The van der Waals surface area contributed by atoms with Gasteiger partial charge in [-0.1, -0.05) is 42.4 Å². The Balaban J connectivity index is 2.12. The van der Waals surface area contributed by atoms with Crippen molar-refractivity contribution in [2.75, 3.05) is 11.9 Å². The molecule has 0 fully saturated rings. The third kappa shape index (κ3) is 3.62. The summed E-state index contributed by atoms with van der Waals surface area (Å²) in [5, 5.41) is 4.79. The molecule has 2 rings (SSSR count). The predicted molar refractivity (Wildman–Crippen MR) is 76.4 cm³/mol. The molecule has 0 unspecified atom stereocenters. The van der Waals surface area contributed by atoms with Gasteiger partial charge in [0.25, 0.3) is 0 Å². The molecule has 94 valence electrons. The average Bonchev–Trinajstić information content (AvgIpc) is 2.40. The molecular weight excluding hydrogens is 266 g/mol. The van der Waals surface area contributed by atoms with Gasteiger partial charge in [0.1, 0.15) is 5.03 Å². The molecule has 0 saturated carbocycles. The van der Waals surface area contributed by atoms with Gasteiger partial charge in [0.15, 0.2) is 0 Å². The van der Waals surface area contributed by atoms with Crippen molar-refractivity contribution in [3.05, 3.63) is 41.6 Å². The molecule has 0 aliphatic heterocycles. The summed E-state index contributed by atoms with van der Waals surface area (Å²) in [5.41, 5.74) is 0. The zero-order valence-corrected chi connectivity index (χ0v) is 11.6. The Morgan fingerprint density at radius 2 is 2.11 bits per heavy atom. The Labute approximate surface area is 116 Å². The van der Waals surface area contributed by atoms with Crippen molar-refractivity contribution in [1.29, 1.82) is 0 Å². The highest BCUT2D eigenvalue weighted by molar-refractivity contribution is 7.99. The molecule has 5 heteroatoms. The van der Waals surface area contributed by atoms with Gasteiger partial charge in [-0.2, -0.15) is 0 Å². The number of rotatable bonds is 5. The van der Waals surface area contributed by atoms with Gasteiger partial charge in [0.05, 0.1) is 5.02 Å². The summed E-state index contributed by atoms with van der Waals surface area (Å²) in [6, 6.07) is 9.62. The van der Waals surface area contributed by atoms with E-state index >= 15 is 0 Å². The number of hydrogen-bond donors (Lipinski definition) is 1. The van der Waals surface area contributed by atoms with Gasteiger partial charge in [-0.25, -0.2) is 9.97 Å². The Bertz CT molecular complexity index is 519. The molecule has 18 heavy (non-hydrogen) atoms. The molecule has 0 bridgehead atoms. The Morgan fingerprint density at radius 1 is 1.28 bits per heavy atom. The molecular formula is C13H14ClN3S. The van der Waals surface area contributed by atoms with Crippen molar-refractivity contribution < 1.29 is 0 Å². The summed E-state index contributed by atoms with van der Waals surface area (Å²) < 4.78 is 0. The smallest absolute Gasteiger partial charge is 0.223 e. The topological polar surface area (TPSA) is 37.8 Å². The fraction of sp³-hybridized carbons (Fsp3) is 0.231. The van der Waals surface area contributed by atoms with Crippen LogP contribution in [0.2, 0.25) is 5.02 Å². The number of halogens is 1. The summed E-state index contributed by atoms with van der Waals surface area (Å²) in [5.74, 6) is 0.661. The molecule has 2 aromatic rings. The van der Waals surface area contributed by atoms with Crippen LogP contribution < -0.4 is 5.32 Å². The first kappa shape index (κ1) is 13.2. The van der Waals surface area contributed by atoms with Crippen LogP contribution in [0.25, 0.3) is 0 Å². The molecule has 0 spiro atoms. The molecule has 1 aromatic carbocycles. The second-order valence-electron chi connectivity index (χ2n) is 3.68. The largest absolute Gasteiger partial charge is 0.354 e. The maximum atomic E-state index is 6.12. The van der Waals surface area contributed by atoms with E-state index in [0.717, 1.165) is 27.9 Å². The lowest BCUT2D eigenvalue weighted by molar-refractivity contribution is 0.935. The van der Waals surface area contributed by atoms with Gasteiger partial charge >= 0.3 is 0 Å². The van der Waals surface area contributed by atoms with Crippen molar-refractivity contribution >= 4 is 29.3 Å². The molecule has 0 amide bonds. The van der Waals surface area contributed by atoms with E-state index in [4.69, 9.17) is 11.6 Å². The molecule has 3 nitrogen and oxygen atoms in total. The van der Waals surface area contributed by atoms with Gasteiger partial charge in [-0.15, -0.1) is 0 Å². The monoisotopic (exact) mass is 279 g/mol.